The summed E-state index contributed by atoms with van der Waals surface area (Å²) in [5.41, 5.74) is 27.3. The summed E-state index contributed by atoms with van der Waals surface area (Å²) in [4.78, 5) is 17.0. The van der Waals surface area contributed by atoms with Crippen molar-refractivity contribution in [2.24, 2.45) is 0 Å². The largest absolute Gasteiger partial charge is 0.309 e. The lowest BCUT2D eigenvalue weighted by molar-refractivity contribution is 0.780. The van der Waals surface area contributed by atoms with Gasteiger partial charge in [-0.15, -0.1) is 0 Å². The molecular formula is C77H47N5. The summed E-state index contributed by atoms with van der Waals surface area (Å²) in [6.45, 7) is 0. The SMILES string of the molecule is C1=C(c2nc(-c3ccc4c(c3)C3(c5ccccc5-4)c4ccccc4-c4ccc(-n5c6ccccc6c6ccccc65)cc43)nc(-n3c4ccccc4c4ccccc43)n2)CCC2=C1C1(c3ccccc32)c2ccccc2-c2ccccc21. The number of para-hydroxylation sites is 4. The third-order valence-electron chi connectivity index (χ3n) is 19.2. The minimum absolute atomic E-state index is 0.477. The van der Waals surface area contributed by atoms with E-state index in [0.29, 0.717) is 17.6 Å². The van der Waals surface area contributed by atoms with E-state index in [1.165, 1.54) is 111 Å². The third kappa shape index (κ3) is 5.50. The summed E-state index contributed by atoms with van der Waals surface area (Å²) in [5.74, 6) is 1.94. The molecule has 5 aliphatic rings. The molecule has 5 nitrogen and oxygen atoms in total. The molecular weight excluding hydrogens is 995 g/mol. The van der Waals surface area contributed by atoms with Gasteiger partial charge in [0, 0.05) is 32.8 Å². The van der Waals surface area contributed by atoms with E-state index in [4.69, 9.17) is 15.0 Å². The normalized spacial score (nSPS) is 16.4. The van der Waals surface area contributed by atoms with Gasteiger partial charge < -0.3 is 4.57 Å². The first kappa shape index (κ1) is 44.4. The van der Waals surface area contributed by atoms with Gasteiger partial charge in [0.15, 0.2) is 11.6 Å². The molecule has 0 amide bonds. The second-order valence-corrected chi connectivity index (χ2v) is 22.8. The van der Waals surface area contributed by atoms with Crippen LogP contribution in [0.3, 0.4) is 0 Å². The predicted octanol–water partition coefficient (Wildman–Crippen LogP) is 18.0. The van der Waals surface area contributed by atoms with Gasteiger partial charge in [0.2, 0.25) is 5.95 Å². The molecule has 5 heteroatoms. The van der Waals surface area contributed by atoms with E-state index < -0.39 is 10.8 Å². The molecule has 5 aliphatic carbocycles. The number of hydrogen-bond donors (Lipinski definition) is 0. The molecule has 380 valence electrons. The Labute approximate surface area is 473 Å². The zero-order valence-electron chi connectivity index (χ0n) is 44.5. The van der Waals surface area contributed by atoms with Gasteiger partial charge in [-0.2, -0.15) is 9.97 Å². The topological polar surface area (TPSA) is 48.5 Å². The zero-order chi connectivity index (χ0) is 53.4. The number of benzene rings is 11. The maximum atomic E-state index is 5.72. The minimum atomic E-state index is -0.636. The summed E-state index contributed by atoms with van der Waals surface area (Å²) < 4.78 is 4.71. The monoisotopic (exact) mass is 1040 g/mol. The Morgan fingerprint density at radius 3 is 1.24 bits per heavy atom. The van der Waals surface area contributed by atoms with E-state index in [-0.39, 0.29) is 0 Å². The molecule has 0 saturated carbocycles. The number of nitrogens with zero attached hydrogens (tertiary/aromatic N) is 5. The number of fused-ring (bicyclic) bond motifs is 25. The molecule has 0 N–H and O–H groups in total. The van der Waals surface area contributed by atoms with Gasteiger partial charge in [0.1, 0.15) is 0 Å². The van der Waals surface area contributed by atoms with Crippen LogP contribution in [0.5, 0.6) is 0 Å². The quantitative estimate of drug-likeness (QED) is 0.176. The Kier molecular flexibility index (Phi) is 8.71. The summed E-state index contributed by atoms with van der Waals surface area (Å²) in [5, 5.41) is 4.82. The number of hydrogen-bond acceptors (Lipinski definition) is 3. The van der Waals surface area contributed by atoms with Crippen molar-refractivity contribution in [3.05, 3.63) is 317 Å². The van der Waals surface area contributed by atoms with Crippen LogP contribution in [-0.2, 0) is 10.8 Å². The van der Waals surface area contributed by atoms with Gasteiger partial charge in [-0.3, -0.25) is 4.57 Å². The smallest absolute Gasteiger partial charge is 0.238 e. The number of allylic oxidation sites excluding steroid dienone is 4. The summed E-state index contributed by atoms with van der Waals surface area (Å²) >= 11 is 0. The van der Waals surface area contributed by atoms with Gasteiger partial charge in [0.05, 0.1) is 32.9 Å². The van der Waals surface area contributed by atoms with Crippen molar-refractivity contribution >= 4 is 54.8 Å². The van der Waals surface area contributed by atoms with E-state index in [9.17, 15) is 0 Å². The molecule has 0 fully saturated rings. The van der Waals surface area contributed by atoms with E-state index in [1.807, 2.05) is 0 Å². The lowest BCUT2D eigenvalue weighted by atomic mass is 9.68. The average molecular weight is 1040 g/mol. The fourth-order valence-corrected chi connectivity index (χ4v) is 16.0. The summed E-state index contributed by atoms with van der Waals surface area (Å²) in [7, 11) is 0. The van der Waals surface area contributed by atoms with Crippen LogP contribution in [0.15, 0.2) is 266 Å². The van der Waals surface area contributed by atoms with Gasteiger partial charge in [0.25, 0.3) is 0 Å². The van der Waals surface area contributed by atoms with Gasteiger partial charge >= 0.3 is 0 Å². The maximum Gasteiger partial charge on any atom is 0.238 e. The molecule has 1 atom stereocenters. The van der Waals surface area contributed by atoms with Crippen LogP contribution in [0.1, 0.15) is 63.2 Å². The Morgan fingerprint density at radius 1 is 0.305 bits per heavy atom. The zero-order valence-corrected chi connectivity index (χ0v) is 44.5. The Hall–Kier alpha value is -10.5. The Balaban J connectivity index is 0.859. The molecule has 2 spiro atoms. The molecule has 19 rings (SSSR count). The van der Waals surface area contributed by atoms with E-state index in [1.54, 1.807) is 0 Å². The molecule has 0 saturated heterocycles. The van der Waals surface area contributed by atoms with Crippen LogP contribution in [0, 0.1) is 0 Å². The van der Waals surface area contributed by atoms with Crippen molar-refractivity contribution in [1.82, 2.24) is 24.1 Å². The van der Waals surface area contributed by atoms with Crippen LogP contribution in [0.25, 0.3) is 111 Å². The molecule has 0 aliphatic heterocycles. The molecule has 3 aromatic heterocycles. The van der Waals surface area contributed by atoms with Crippen molar-refractivity contribution < 1.29 is 0 Å². The first-order valence-electron chi connectivity index (χ1n) is 28.6. The average Bonchev–Trinajstić information content (AvgIpc) is 2.04. The van der Waals surface area contributed by atoms with Crippen LogP contribution >= 0.6 is 0 Å². The van der Waals surface area contributed by atoms with E-state index in [2.05, 4.69) is 270 Å². The highest BCUT2D eigenvalue weighted by Gasteiger charge is 2.54. The first-order valence-corrected chi connectivity index (χ1v) is 28.6. The van der Waals surface area contributed by atoms with Gasteiger partial charge in [-0.25, -0.2) is 4.98 Å². The highest BCUT2D eigenvalue weighted by Crippen LogP contribution is 2.65. The molecule has 3 heterocycles. The lowest BCUT2D eigenvalue weighted by Gasteiger charge is -2.32. The fraction of sp³-hybridized carbons (Fsp3) is 0.0519. The van der Waals surface area contributed by atoms with Crippen molar-refractivity contribution in [2.45, 2.75) is 23.7 Å². The van der Waals surface area contributed by atoms with Crippen molar-refractivity contribution in [3.8, 4) is 56.4 Å². The summed E-state index contributed by atoms with van der Waals surface area (Å²) in [6, 6.07) is 94.6. The summed E-state index contributed by atoms with van der Waals surface area (Å²) in [6.07, 6.45) is 4.13. The molecule has 1 unspecified atom stereocenters. The standard InChI is InChI=1S/C77H47N5/c1-10-28-61-49(19-1)50-20-2-11-29-62(50)76(61)63-30-12-3-21-51(63)54-40-37-46(43-66(54)76)73-78-74(80-75(79-73)82-71-35-17-8-26-59(71)60-27-9-18-36-72(60)82)47-38-41-55-52-22-4-13-31-64(52)77(67(55)44-47)65-32-14-5-23-53(65)56-42-39-48(45-68(56)77)81-69-33-15-6-24-57(69)58-25-7-16-34-70(58)81/h1-36,38-39,41-45H,37,40H2. The van der Waals surface area contributed by atoms with Crippen molar-refractivity contribution in [1.29, 1.82) is 0 Å². The first-order chi connectivity index (χ1) is 40.7. The molecule has 82 heavy (non-hydrogen) atoms. The number of aromatic nitrogens is 5. The number of rotatable bonds is 4. The van der Waals surface area contributed by atoms with Gasteiger partial charge in [-0.1, -0.05) is 218 Å². The van der Waals surface area contributed by atoms with E-state index >= 15 is 0 Å². The van der Waals surface area contributed by atoms with Crippen LogP contribution in [0.2, 0.25) is 0 Å². The van der Waals surface area contributed by atoms with Crippen molar-refractivity contribution in [2.75, 3.05) is 0 Å². The minimum Gasteiger partial charge on any atom is -0.309 e. The highest BCUT2D eigenvalue weighted by molar-refractivity contribution is 6.10. The van der Waals surface area contributed by atoms with Gasteiger partial charge in [-0.05, 0) is 150 Å². The molecule has 0 bridgehead atoms. The highest BCUT2D eigenvalue weighted by atomic mass is 15.2. The van der Waals surface area contributed by atoms with E-state index in [0.717, 1.165) is 51.5 Å². The maximum absolute atomic E-state index is 5.72. The second-order valence-electron chi connectivity index (χ2n) is 22.8. The fourth-order valence-electron chi connectivity index (χ4n) is 16.0. The molecule has 0 radical (unpaired) electrons. The lowest BCUT2D eigenvalue weighted by Crippen LogP contribution is -2.27. The van der Waals surface area contributed by atoms with Crippen LogP contribution in [0.4, 0.5) is 0 Å². The predicted molar refractivity (Wildman–Crippen MR) is 333 cm³/mol. The Bertz CT molecular complexity index is 5090. The molecule has 14 aromatic rings. The van der Waals surface area contributed by atoms with Crippen molar-refractivity contribution in [3.63, 3.8) is 0 Å². The molecule has 11 aromatic carbocycles. The van der Waals surface area contributed by atoms with Crippen LogP contribution < -0.4 is 0 Å². The second kappa shape index (κ2) is 16.1. The third-order valence-corrected chi connectivity index (χ3v) is 19.2. The van der Waals surface area contributed by atoms with Crippen LogP contribution in [-0.4, -0.2) is 24.1 Å². The Morgan fingerprint density at radius 2 is 0.707 bits per heavy atom.